The van der Waals surface area contributed by atoms with Gasteiger partial charge in [-0.2, -0.15) is 0 Å². The summed E-state index contributed by atoms with van der Waals surface area (Å²) in [5.74, 6) is 1.19. The summed E-state index contributed by atoms with van der Waals surface area (Å²) in [6.45, 7) is 4.99. The molecule has 2 aliphatic rings. The number of hydrogen-bond acceptors (Lipinski definition) is 3. The molecule has 0 radical (unpaired) electrons. The molecule has 152 valence electrons. The molecule has 4 nitrogen and oxygen atoms in total. The smallest absolute Gasteiger partial charge is 0.254 e. The first-order valence-corrected chi connectivity index (χ1v) is 9.41. The summed E-state index contributed by atoms with van der Waals surface area (Å²) in [4.78, 5) is 17.6. The van der Waals surface area contributed by atoms with Crippen molar-refractivity contribution >= 4 is 36.4 Å². The van der Waals surface area contributed by atoms with Gasteiger partial charge in [0.15, 0.2) is 0 Å². The fourth-order valence-electron chi connectivity index (χ4n) is 4.53. The van der Waals surface area contributed by atoms with Crippen LogP contribution in [0.2, 0.25) is 0 Å². The maximum atomic E-state index is 13.4. The molecule has 2 aromatic rings. The fraction of sp³-hybridized carbons (Fsp3) is 0.409. The van der Waals surface area contributed by atoms with Crippen molar-refractivity contribution in [3.05, 3.63) is 65.2 Å². The van der Waals surface area contributed by atoms with Gasteiger partial charge >= 0.3 is 0 Å². The molecule has 28 heavy (non-hydrogen) atoms. The van der Waals surface area contributed by atoms with Crippen LogP contribution in [0.25, 0.3) is 0 Å². The molecular weight excluding hydrogens is 393 g/mol. The fourth-order valence-corrected chi connectivity index (χ4v) is 4.53. The maximum Gasteiger partial charge on any atom is 0.254 e. The minimum absolute atomic E-state index is 0. The van der Waals surface area contributed by atoms with E-state index in [1.807, 2.05) is 43.3 Å². The molecule has 2 aliphatic heterocycles. The van der Waals surface area contributed by atoms with Crippen LogP contribution in [0.1, 0.15) is 27.5 Å². The zero-order valence-electron chi connectivity index (χ0n) is 16.6. The number of likely N-dealkylation sites (tertiary alicyclic amines) is 1. The highest BCUT2D eigenvalue weighted by Gasteiger charge is 2.47. The first-order valence-electron chi connectivity index (χ1n) is 9.41. The van der Waals surface area contributed by atoms with E-state index in [1.165, 1.54) is 11.1 Å². The highest BCUT2D eigenvalue weighted by Crippen LogP contribution is 2.44. The molecule has 1 N–H and O–H groups in total. The number of carbonyl (C=O) groups is 1. The third kappa shape index (κ3) is 4.00. The van der Waals surface area contributed by atoms with Crippen LogP contribution in [0.4, 0.5) is 5.69 Å². The van der Waals surface area contributed by atoms with Crippen LogP contribution < -0.4 is 10.2 Å². The molecule has 4 rings (SSSR count). The number of carbonyl (C=O) groups excluding carboxylic acids is 1. The third-order valence-electron chi connectivity index (χ3n) is 5.94. The molecule has 2 heterocycles. The van der Waals surface area contributed by atoms with Gasteiger partial charge in [-0.05, 0) is 42.2 Å². The predicted molar refractivity (Wildman–Crippen MR) is 120 cm³/mol. The number of halogens is 2. The number of amides is 1. The van der Waals surface area contributed by atoms with Crippen molar-refractivity contribution in [3.8, 4) is 0 Å². The van der Waals surface area contributed by atoms with Gasteiger partial charge in [-0.25, -0.2) is 0 Å². The molecule has 2 aromatic carbocycles. The molecule has 2 fully saturated rings. The number of benzene rings is 2. The van der Waals surface area contributed by atoms with Crippen molar-refractivity contribution in [2.24, 2.45) is 11.8 Å². The Hall–Kier alpha value is -1.75. The van der Waals surface area contributed by atoms with Crippen LogP contribution in [0, 0.1) is 18.8 Å². The van der Waals surface area contributed by atoms with Gasteiger partial charge in [-0.1, -0.05) is 30.3 Å². The molecule has 0 aliphatic carbocycles. The summed E-state index contributed by atoms with van der Waals surface area (Å²) >= 11 is 0. The van der Waals surface area contributed by atoms with E-state index in [2.05, 4.69) is 41.4 Å². The van der Waals surface area contributed by atoms with Gasteiger partial charge in [-0.15, -0.1) is 24.8 Å². The van der Waals surface area contributed by atoms with Crippen LogP contribution in [-0.4, -0.2) is 44.5 Å². The summed E-state index contributed by atoms with van der Waals surface area (Å²) in [5.41, 5.74) is 4.40. The average molecular weight is 422 g/mol. The number of hydrogen-bond donors (Lipinski definition) is 1. The molecular formula is C22H29Cl2N3O. The molecule has 0 unspecified atom stereocenters. The van der Waals surface area contributed by atoms with E-state index in [4.69, 9.17) is 0 Å². The van der Waals surface area contributed by atoms with Crippen LogP contribution >= 0.6 is 24.8 Å². The van der Waals surface area contributed by atoms with Crippen LogP contribution in [0.15, 0.2) is 48.5 Å². The van der Waals surface area contributed by atoms with Gasteiger partial charge < -0.3 is 15.1 Å². The van der Waals surface area contributed by atoms with Crippen LogP contribution in [0.5, 0.6) is 0 Å². The summed E-state index contributed by atoms with van der Waals surface area (Å²) in [6.07, 6.45) is 0. The lowest BCUT2D eigenvalue weighted by Gasteiger charge is -2.30. The lowest BCUT2D eigenvalue weighted by Crippen LogP contribution is -2.35. The van der Waals surface area contributed by atoms with E-state index in [-0.39, 0.29) is 36.8 Å². The Morgan fingerprint density at radius 2 is 1.82 bits per heavy atom. The summed E-state index contributed by atoms with van der Waals surface area (Å²) in [7, 11) is 4.01. The summed E-state index contributed by atoms with van der Waals surface area (Å²) < 4.78 is 0. The van der Waals surface area contributed by atoms with E-state index in [0.717, 1.165) is 30.9 Å². The molecule has 6 heteroatoms. The van der Waals surface area contributed by atoms with Crippen molar-refractivity contribution in [2.75, 3.05) is 38.6 Å². The summed E-state index contributed by atoms with van der Waals surface area (Å²) in [5, 5.41) is 3.52. The van der Waals surface area contributed by atoms with E-state index >= 15 is 0 Å². The molecule has 0 spiro atoms. The number of aryl methyl sites for hydroxylation is 1. The molecule has 1 amide bonds. The number of rotatable bonds is 3. The van der Waals surface area contributed by atoms with Crippen LogP contribution in [-0.2, 0) is 0 Å². The standard InChI is InChI=1S/C22H27N3O.2ClH/c1-15-7-4-5-10-19(15)21-20-13-23-12-17(20)14-25(21)22(26)16-8-6-9-18(11-16)24(2)3;;/h4-11,17,20-21,23H,12-14H2,1-3H3;2*1H/t17-,20-,21-;;/m0../s1. The van der Waals surface area contributed by atoms with Crippen LogP contribution in [0.3, 0.4) is 0 Å². The largest absolute Gasteiger partial charge is 0.378 e. The molecule has 0 bridgehead atoms. The molecule has 0 aromatic heterocycles. The van der Waals surface area contributed by atoms with Gasteiger partial charge in [-0.3, -0.25) is 4.79 Å². The monoisotopic (exact) mass is 421 g/mol. The van der Waals surface area contributed by atoms with Gasteiger partial charge in [0.25, 0.3) is 5.91 Å². The summed E-state index contributed by atoms with van der Waals surface area (Å²) in [6, 6.07) is 16.6. The number of nitrogens with zero attached hydrogens (tertiary/aromatic N) is 2. The van der Waals surface area contributed by atoms with Gasteiger partial charge in [0.05, 0.1) is 6.04 Å². The minimum atomic E-state index is 0. The molecule has 0 saturated carbocycles. The predicted octanol–water partition coefficient (Wildman–Crippen LogP) is 3.94. The second-order valence-electron chi connectivity index (χ2n) is 7.79. The number of anilines is 1. The lowest BCUT2D eigenvalue weighted by atomic mass is 9.87. The Morgan fingerprint density at radius 1 is 1.07 bits per heavy atom. The zero-order chi connectivity index (χ0) is 18.3. The van der Waals surface area contributed by atoms with Gasteiger partial charge in [0, 0.05) is 50.9 Å². The number of nitrogens with one attached hydrogen (secondary N) is 1. The second-order valence-corrected chi connectivity index (χ2v) is 7.79. The van der Waals surface area contributed by atoms with Gasteiger partial charge in [0.1, 0.15) is 0 Å². The van der Waals surface area contributed by atoms with E-state index < -0.39 is 0 Å². The normalized spacial score (nSPS) is 22.8. The Morgan fingerprint density at radius 3 is 2.54 bits per heavy atom. The molecule has 2 saturated heterocycles. The average Bonchev–Trinajstić information content (AvgIpc) is 3.23. The first kappa shape index (κ1) is 22.5. The topological polar surface area (TPSA) is 35.6 Å². The van der Waals surface area contributed by atoms with Crippen molar-refractivity contribution < 1.29 is 4.79 Å². The Kier molecular flexibility index (Phi) is 7.38. The van der Waals surface area contributed by atoms with Crippen molar-refractivity contribution in [2.45, 2.75) is 13.0 Å². The minimum Gasteiger partial charge on any atom is -0.378 e. The Bertz CT molecular complexity index is 827. The quantitative estimate of drug-likeness (QED) is 0.814. The highest BCUT2D eigenvalue weighted by atomic mass is 35.5. The van der Waals surface area contributed by atoms with E-state index in [1.54, 1.807) is 0 Å². The lowest BCUT2D eigenvalue weighted by molar-refractivity contribution is 0.0713. The second kappa shape index (κ2) is 9.17. The molecule has 3 atom stereocenters. The van der Waals surface area contributed by atoms with Gasteiger partial charge in [0.2, 0.25) is 0 Å². The third-order valence-corrected chi connectivity index (χ3v) is 5.94. The number of fused-ring (bicyclic) bond motifs is 1. The first-order chi connectivity index (χ1) is 12.6. The van der Waals surface area contributed by atoms with Crippen molar-refractivity contribution in [1.82, 2.24) is 10.2 Å². The SMILES string of the molecule is Cc1ccccc1[C@H]1[C@H]2CNC[C@H]2CN1C(=O)c1cccc(N(C)C)c1.Cl.Cl. The maximum absolute atomic E-state index is 13.4. The van der Waals surface area contributed by atoms with E-state index in [9.17, 15) is 4.79 Å². The highest BCUT2D eigenvalue weighted by molar-refractivity contribution is 5.95. The van der Waals surface area contributed by atoms with E-state index in [0.29, 0.717) is 11.8 Å². The Labute approximate surface area is 180 Å². The van der Waals surface area contributed by atoms with Crippen molar-refractivity contribution in [3.63, 3.8) is 0 Å². The Balaban J connectivity index is 0.00000140. The van der Waals surface area contributed by atoms with Crippen molar-refractivity contribution in [1.29, 1.82) is 0 Å². The zero-order valence-corrected chi connectivity index (χ0v) is 18.2.